The summed E-state index contributed by atoms with van der Waals surface area (Å²) < 4.78 is 23.5. The summed E-state index contributed by atoms with van der Waals surface area (Å²) in [7, 11) is 3.47. The maximum Gasteiger partial charge on any atom is 0.182 e. The van der Waals surface area contributed by atoms with Gasteiger partial charge in [-0.1, -0.05) is 24.6 Å². The van der Waals surface area contributed by atoms with Gasteiger partial charge in [0, 0.05) is 20.1 Å². The van der Waals surface area contributed by atoms with Gasteiger partial charge in [-0.2, -0.15) is 0 Å². The highest BCUT2D eigenvalue weighted by Crippen LogP contribution is 2.50. The Kier molecular flexibility index (Phi) is 6.28. The third kappa shape index (κ3) is 4.09. The van der Waals surface area contributed by atoms with Gasteiger partial charge < -0.3 is 18.9 Å². The summed E-state index contributed by atoms with van der Waals surface area (Å²) in [6.45, 7) is 9.00. The largest absolute Gasteiger partial charge is 0.366 e. The van der Waals surface area contributed by atoms with Gasteiger partial charge in [0.25, 0.3) is 0 Å². The first-order chi connectivity index (χ1) is 12.4. The fourth-order valence-corrected chi connectivity index (χ4v) is 4.85. The van der Waals surface area contributed by atoms with E-state index in [1.807, 2.05) is 0 Å². The lowest BCUT2D eigenvalue weighted by Crippen LogP contribution is -2.31. The van der Waals surface area contributed by atoms with Crippen molar-refractivity contribution >= 4 is 0 Å². The topological polar surface area (TPSA) is 40.2 Å². The molecule has 0 saturated carbocycles. The van der Waals surface area contributed by atoms with E-state index >= 15 is 0 Å². The lowest BCUT2D eigenvalue weighted by molar-refractivity contribution is -0.194. The number of allylic oxidation sites excluding steroid dienone is 2. The van der Waals surface area contributed by atoms with Crippen LogP contribution in [-0.4, -0.2) is 38.5 Å². The van der Waals surface area contributed by atoms with E-state index in [0.29, 0.717) is 17.9 Å². The van der Waals surface area contributed by atoms with Crippen molar-refractivity contribution in [3.05, 3.63) is 23.3 Å². The lowest BCUT2D eigenvalue weighted by atomic mass is 9.74. The molecule has 26 heavy (non-hydrogen) atoms. The van der Waals surface area contributed by atoms with E-state index in [0.717, 1.165) is 25.7 Å². The minimum absolute atomic E-state index is 0.0551. The number of ether oxygens (including phenoxy) is 4. The molecular formula is C22H36O4. The van der Waals surface area contributed by atoms with Crippen LogP contribution in [0, 0.1) is 17.8 Å². The summed E-state index contributed by atoms with van der Waals surface area (Å²) in [5.74, 6) is 1.37. The minimum atomic E-state index is -0.291. The number of epoxide rings is 1. The maximum absolute atomic E-state index is 6.09. The molecule has 3 rings (SSSR count). The second kappa shape index (κ2) is 8.14. The molecule has 0 amide bonds. The van der Waals surface area contributed by atoms with Crippen molar-refractivity contribution in [3.8, 4) is 0 Å². The Morgan fingerprint density at radius 3 is 2.77 bits per heavy atom. The van der Waals surface area contributed by atoms with Crippen LogP contribution in [0.4, 0.5) is 0 Å². The van der Waals surface area contributed by atoms with E-state index in [9.17, 15) is 0 Å². The normalized spacial score (nSPS) is 40.4. The van der Waals surface area contributed by atoms with E-state index in [4.69, 9.17) is 18.9 Å². The second-order valence-electron chi connectivity index (χ2n) is 8.73. The molecule has 0 aromatic rings. The average Bonchev–Trinajstić information content (AvgIpc) is 3.09. The lowest BCUT2D eigenvalue weighted by Gasteiger charge is -2.32. The average molecular weight is 365 g/mol. The molecule has 0 bridgehead atoms. The third-order valence-corrected chi connectivity index (χ3v) is 6.60. The van der Waals surface area contributed by atoms with Gasteiger partial charge in [0.1, 0.15) is 0 Å². The predicted molar refractivity (Wildman–Crippen MR) is 103 cm³/mol. The Labute approximate surface area is 158 Å². The fourth-order valence-electron chi connectivity index (χ4n) is 4.85. The fraction of sp³-hybridized carbons (Fsp3) is 0.818. The van der Waals surface area contributed by atoms with E-state index < -0.39 is 0 Å². The highest BCUT2D eigenvalue weighted by molar-refractivity contribution is 5.20. The molecule has 2 heterocycles. The third-order valence-electron chi connectivity index (χ3n) is 6.60. The van der Waals surface area contributed by atoms with Crippen molar-refractivity contribution in [2.75, 3.05) is 14.2 Å². The van der Waals surface area contributed by atoms with E-state index in [-0.39, 0.29) is 24.1 Å². The van der Waals surface area contributed by atoms with Crippen LogP contribution < -0.4 is 0 Å². The molecule has 1 aliphatic carbocycles. The number of methoxy groups -OCH3 is 2. The Morgan fingerprint density at radius 1 is 1.35 bits per heavy atom. The first kappa shape index (κ1) is 20.1. The van der Waals surface area contributed by atoms with Crippen molar-refractivity contribution < 1.29 is 18.9 Å². The molecule has 0 N–H and O–H groups in total. The molecular weight excluding hydrogens is 328 g/mol. The standard InChI is InChI=1S/C22H36O4/c1-14(2)8-7-9-15(3)16-12-13-22(4)18(26-22)11-10-17-19(16)21(24-6)25-20(17)23-5/h8,10,15-16,18-21H,7,9,11-13H2,1-6H3. The summed E-state index contributed by atoms with van der Waals surface area (Å²) in [6.07, 6.45) is 10.0. The van der Waals surface area contributed by atoms with Crippen molar-refractivity contribution in [2.24, 2.45) is 17.8 Å². The molecule has 148 valence electrons. The van der Waals surface area contributed by atoms with Crippen molar-refractivity contribution in [1.82, 2.24) is 0 Å². The molecule has 3 aliphatic rings. The second-order valence-corrected chi connectivity index (χ2v) is 8.73. The van der Waals surface area contributed by atoms with Crippen LogP contribution in [0.25, 0.3) is 0 Å². The molecule has 0 radical (unpaired) electrons. The minimum Gasteiger partial charge on any atom is -0.366 e. The number of rotatable bonds is 6. The zero-order valence-corrected chi connectivity index (χ0v) is 17.3. The first-order valence-corrected chi connectivity index (χ1v) is 10.1. The molecule has 2 saturated heterocycles. The molecule has 0 aromatic heterocycles. The van der Waals surface area contributed by atoms with Crippen LogP contribution >= 0.6 is 0 Å². The first-order valence-electron chi connectivity index (χ1n) is 10.1. The quantitative estimate of drug-likeness (QED) is 0.499. The van der Waals surface area contributed by atoms with Gasteiger partial charge in [0.15, 0.2) is 12.6 Å². The number of hydrogen-bond donors (Lipinski definition) is 0. The van der Waals surface area contributed by atoms with Gasteiger partial charge >= 0.3 is 0 Å². The SMILES string of the molecule is COC1OC(OC)C2C1=CCC1OC1(C)CCC2C(C)CCC=C(C)C. The van der Waals surface area contributed by atoms with E-state index in [1.54, 1.807) is 14.2 Å². The van der Waals surface area contributed by atoms with Gasteiger partial charge in [-0.25, -0.2) is 0 Å². The van der Waals surface area contributed by atoms with Crippen molar-refractivity contribution in [2.45, 2.75) is 84.1 Å². The van der Waals surface area contributed by atoms with Crippen molar-refractivity contribution in [1.29, 1.82) is 0 Å². The highest BCUT2D eigenvalue weighted by Gasteiger charge is 2.54. The zero-order chi connectivity index (χ0) is 18.9. The Morgan fingerprint density at radius 2 is 2.12 bits per heavy atom. The Balaban J connectivity index is 1.84. The monoisotopic (exact) mass is 364 g/mol. The van der Waals surface area contributed by atoms with Crippen LogP contribution in [0.15, 0.2) is 23.3 Å². The summed E-state index contributed by atoms with van der Waals surface area (Å²) >= 11 is 0. The van der Waals surface area contributed by atoms with Gasteiger partial charge in [-0.15, -0.1) is 0 Å². The molecule has 7 atom stereocenters. The maximum atomic E-state index is 6.09. The van der Waals surface area contributed by atoms with Crippen LogP contribution in [0.5, 0.6) is 0 Å². The van der Waals surface area contributed by atoms with Crippen LogP contribution in [0.1, 0.15) is 59.8 Å². The molecule has 2 aliphatic heterocycles. The molecule has 0 spiro atoms. The van der Waals surface area contributed by atoms with E-state index in [1.165, 1.54) is 17.6 Å². The number of fused-ring (bicyclic) bond motifs is 2. The molecule has 7 unspecified atom stereocenters. The van der Waals surface area contributed by atoms with Crippen LogP contribution in [0.3, 0.4) is 0 Å². The van der Waals surface area contributed by atoms with Crippen molar-refractivity contribution in [3.63, 3.8) is 0 Å². The van der Waals surface area contributed by atoms with Gasteiger partial charge in [-0.05, 0) is 70.3 Å². The highest BCUT2D eigenvalue weighted by atomic mass is 16.8. The summed E-state index contributed by atoms with van der Waals surface area (Å²) in [6, 6.07) is 0. The van der Waals surface area contributed by atoms with Gasteiger partial charge in [-0.3, -0.25) is 0 Å². The smallest absolute Gasteiger partial charge is 0.182 e. The predicted octanol–water partition coefficient (Wildman–Crippen LogP) is 4.84. The Hall–Kier alpha value is -0.680. The van der Waals surface area contributed by atoms with Gasteiger partial charge in [0.05, 0.1) is 11.7 Å². The molecule has 4 nitrogen and oxygen atoms in total. The summed E-state index contributed by atoms with van der Waals surface area (Å²) in [4.78, 5) is 0. The van der Waals surface area contributed by atoms with Crippen LogP contribution in [0.2, 0.25) is 0 Å². The molecule has 2 fully saturated rings. The van der Waals surface area contributed by atoms with Gasteiger partial charge in [0.2, 0.25) is 0 Å². The Bertz CT molecular complexity index is 550. The molecule has 0 aromatic carbocycles. The zero-order valence-electron chi connectivity index (χ0n) is 17.3. The summed E-state index contributed by atoms with van der Waals surface area (Å²) in [5, 5.41) is 0. The molecule has 4 heteroatoms. The van der Waals surface area contributed by atoms with E-state index in [2.05, 4.69) is 39.8 Å². The van der Waals surface area contributed by atoms with Crippen LogP contribution in [-0.2, 0) is 18.9 Å². The number of hydrogen-bond acceptors (Lipinski definition) is 4. The summed E-state index contributed by atoms with van der Waals surface area (Å²) in [5.41, 5.74) is 2.71.